The third kappa shape index (κ3) is 1.50. The maximum atomic E-state index is 5.94. The minimum atomic E-state index is 0.432. The summed E-state index contributed by atoms with van der Waals surface area (Å²) in [6.07, 6.45) is 5.74. The van der Waals surface area contributed by atoms with Gasteiger partial charge in [0, 0.05) is 0 Å². The first-order valence-electron chi connectivity index (χ1n) is 4.81. The van der Waals surface area contributed by atoms with Gasteiger partial charge in [-0.2, -0.15) is 0 Å². The Labute approximate surface area is 96.1 Å². The van der Waals surface area contributed by atoms with Crippen molar-refractivity contribution < 1.29 is 0 Å². The van der Waals surface area contributed by atoms with Crippen molar-refractivity contribution in [2.24, 2.45) is 0 Å². The molecule has 0 saturated carbocycles. The largest absolute Gasteiger partial charge is 0.302 e. The van der Waals surface area contributed by atoms with Crippen molar-refractivity contribution in [3.05, 3.63) is 17.8 Å². The van der Waals surface area contributed by atoms with Crippen LogP contribution in [0.15, 0.2) is 12.7 Å². The fourth-order valence-electron chi connectivity index (χ4n) is 1.81. The SMILES string of the molecule is Clc1ncnc2c1ncn2[C@H]1CCCS1. The normalized spacial score (nSPS) is 21.3. The minimum Gasteiger partial charge on any atom is -0.302 e. The first-order chi connectivity index (χ1) is 7.36. The van der Waals surface area contributed by atoms with E-state index < -0.39 is 0 Å². The smallest absolute Gasteiger partial charge is 0.165 e. The Bertz CT molecular complexity index is 492. The third-order valence-corrected chi connectivity index (χ3v) is 4.18. The van der Waals surface area contributed by atoms with E-state index in [1.165, 1.54) is 24.9 Å². The van der Waals surface area contributed by atoms with Gasteiger partial charge in [0.25, 0.3) is 0 Å². The van der Waals surface area contributed by atoms with Gasteiger partial charge in [0.15, 0.2) is 10.8 Å². The van der Waals surface area contributed by atoms with E-state index >= 15 is 0 Å². The van der Waals surface area contributed by atoms with E-state index in [4.69, 9.17) is 11.6 Å². The summed E-state index contributed by atoms with van der Waals surface area (Å²) in [4.78, 5) is 12.4. The second-order valence-electron chi connectivity index (χ2n) is 3.46. The lowest BCUT2D eigenvalue weighted by atomic mass is 10.3. The van der Waals surface area contributed by atoms with Crippen LogP contribution in [0.5, 0.6) is 0 Å². The van der Waals surface area contributed by atoms with Crippen LogP contribution in [0.25, 0.3) is 11.2 Å². The van der Waals surface area contributed by atoms with E-state index in [0.29, 0.717) is 16.0 Å². The van der Waals surface area contributed by atoms with Gasteiger partial charge in [-0.05, 0) is 18.6 Å². The maximum Gasteiger partial charge on any atom is 0.165 e. The third-order valence-electron chi connectivity index (χ3n) is 2.53. The summed E-state index contributed by atoms with van der Waals surface area (Å²) in [6, 6.07) is 0. The first-order valence-corrected chi connectivity index (χ1v) is 6.23. The van der Waals surface area contributed by atoms with Gasteiger partial charge >= 0.3 is 0 Å². The van der Waals surface area contributed by atoms with Crippen molar-refractivity contribution >= 4 is 34.5 Å². The molecule has 15 heavy (non-hydrogen) atoms. The van der Waals surface area contributed by atoms with Gasteiger partial charge in [0.05, 0.1) is 11.7 Å². The molecule has 0 radical (unpaired) electrons. The molecule has 0 unspecified atom stereocenters. The molecule has 1 aliphatic rings. The van der Waals surface area contributed by atoms with Crippen molar-refractivity contribution in [1.82, 2.24) is 19.5 Å². The Morgan fingerprint density at radius 1 is 1.40 bits per heavy atom. The highest BCUT2D eigenvalue weighted by Gasteiger charge is 2.20. The molecule has 4 nitrogen and oxygen atoms in total. The molecule has 0 spiro atoms. The maximum absolute atomic E-state index is 5.94. The molecule has 0 aromatic carbocycles. The van der Waals surface area contributed by atoms with Gasteiger partial charge in [-0.15, -0.1) is 11.8 Å². The van der Waals surface area contributed by atoms with Gasteiger partial charge in [-0.3, -0.25) is 0 Å². The molecule has 1 saturated heterocycles. The standard InChI is InChI=1S/C9H9ClN4S/c10-8-7-9(12-4-11-8)14(5-13-7)6-2-1-3-15-6/h4-6H,1-3H2/t6-/m1/s1. The molecule has 3 heterocycles. The van der Waals surface area contributed by atoms with Gasteiger partial charge < -0.3 is 4.57 Å². The van der Waals surface area contributed by atoms with Crippen LogP contribution < -0.4 is 0 Å². The number of nitrogens with zero attached hydrogens (tertiary/aromatic N) is 4. The second kappa shape index (κ2) is 3.64. The Morgan fingerprint density at radius 2 is 2.33 bits per heavy atom. The van der Waals surface area contributed by atoms with Crippen LogP contribution in [0.4, 0.5) is 0 Å². The number of hydrogen-bond acceptors (Lipinski definition) is 4. The average Bonchev–Trinajstić information content (AvgIpc) is 2.85. The minimum absolute atomic E-state index is 0.432. The van der Waals surface area contributed by atoms with E-state index in [1.807, 2.05) is 18.1 Å². The fraction of sp³-hybridized carbons (Fsp3) is 0.444. The van der Waals surface area contributed by atoms with Crippen LogP contribution >= 0.6 is 23.4 Å². The van der Waals surface area contributed by atoms with Crippen LogP contribution in [-0.4, -0.2) is 25.3 Å². The monoisotopic (exact) mass is 240 g/mol. The Morgan fingerprint density at radius 3 is 3.13 bits per heavy atom. The number of fused-ring (bicyclic) bond motifs is 1. The van der Waals surface area contributed by atoms with Crippen molar-refractivity contribution in [3.8, 4) is 0 Å². The number of aromatic nitrogens is 4. The van der Waals surface area contributed by atoms with E-state index in [1.54, 1.807) is 0 Å². The Hall–Kier alpha value is -0.810. The van der Waals surface area contributed by atoms with Crippen molar-refractivity contribution in [2.75, 3.05) is 5.75 Å². The number of imidazole rings is 1. The molecule has 2 aromatic rings. The fourth-order valence-corrected chi connectivity index (χ4v) is 3.24. The summed E-state index contributed by atoms with van der Waals surface area (Å²) in [7, 11) is 0. The first kappa shape index (κ1) is 9.42. The molecule has 78 valence electrons. The van der Waals surface area contributed by atoms with E-state index in [2.05, 4.69) is 19.5 Å². The molecule has 3 rings (SSSR count). The molecule has 0 bridgehead atoms. The molecular weight excluding hydrogens is 232 g/mol. The van der Waals surface area contributed by atoms with Gasteiger partial charge in [-0.1, -0.05) is 11.6 Å². The lowest BCUT2D eigenvalue weighted by molar-refractivity contribution is 0.654. The zero-order chi connectivity index (χ0) is 10.3. The predicted molar refractivity (Wildman–Crippen MR) is 61.1 cm³/mol. The molecule has 6 heteroatoms. The molecule has 0 amide bonds. The van der Waals surface area contributed by atoms with Crippen LogP contribution in [0, 0.1) is 0 Å². The summed E-state index contributed by atoms with van der Waals surface area (Å²) in [5.74, 6) is 1.21. The summed E-state index contributed by atoms with van der Waals surface area (Å²) in [5, 5.41) is 0.891. The topological polar surface area (TPSA) is 43.6 Å². The zero-order valence-electron chi connectivity index (χ0n) is 7.93. The van der Waals surface area contributed by atoms with E-state index in [0.717, 1.165) is 5.65 Å². The van der Waals surface area contributed by atoms with Crippen molar-refractivity contribution in [3.63, 3.8) is 0 Å². The highest BCUT2D eigenvalue weighted by Crippen LogP contribution is 2.37. The number of rotatable bonds is 1. The molecule has 0 aliphatic carbocycles. The van der Waals surface area contributed by atoms with Gasteiger partial charge in [-0.25, -0.2) is 15.0 Å². The molecular formula is C9H9ClN4S. The number of thioether (sulfide) groups is 1. The van der Waals surface area contributed by atoms with Gasteiger partial charge in [0.1, 0.15) is 11.8 Å². The lowest BCUT2D eigenvalue weighted by Gasteiger charge is -2.10. The molecule has 2 aromatic heterocycles. The van der Waals surface area contributed by atoms with E-state index in [9.17, 15) is 0 Å². The summed E-state index contributed by atoms with van der Waals surface area (Å²) >= 11 is 7.88. The van der Waals surface area contributed by atoms with Crippen molar-refractivity contribution in [1.29, 1.82) is 0 Å². The molecule has 1 fully saturated rings. The highest BCUT2D eigenvalue weighted by atomic mass is 35.5. The molecule has 1 atom stereocenters. The average molecular weight is 241 g/mol. The van der Waals surface area contributed by atoms with Crippen LogP contribution in [0.3, 0.4) is 0 Å². The van der Waals surface area contributed by atoms with Crippen LogP contribution in [0.1, 0.15) is 18.2 Å². The zero-order valence-corrected chi connectivity index (χ0v) is 9.50. The highest BCUT2D eigenvalue weighted by molar-refractivity contribution is 7.99. The Kier molecular flexibility index (Phi) is 2.29. The lowest BCUT2D eigenvalue weighted by Crippen LogP contribution is -2.00. The Balaban J connectivity index is 2.15. The van der Waals surface area contributed by atoms with Crippen LogP contribution in [-0.2, 0) is 0 Å². The number of hydrogen-bond donors (Lipinski definition) is 0. The van der Waals surface area contributed by atoms with Crippen LogP contribution in [0.2, 0.25) is 5.15 Å². The second-order valence-corrected chi connectivity index (χ2v) is 5.10. The molecule has 0 N–H and O–H groups in total. The van der Waals surface area contributed by atoms with Crippen molar-refractivity contribution in [2.45, 2.75) is 18.2 Å². The number of halogens is 1. The summed E-state index contributed by atoms with van der Waals surface area (Å²) in [5.41, 5.74) is 1.54. The van der Waals surface area contributed by atoms with E-state index in [-0.39, 0.29) is 0 Å². The summed E-state index contributed by atoms with van der Waals surface area (Å²) in [6.45, 7) is 0. The predicted octanol–water partition coefficient (Wildman–Crippen LogP) is 2.51. The summed E-state index contributed by atoms with van der Waals surface area (Å²) < 4.78 is 2.10. The quantitative estimate of drug-likeness (QED) is 0.719. The van der Waals surface area contributed by atoms with Gasteiger partial charge in [0.2, 0.25) is 0 Å². The molecule has 1 aliphatic heterocycles.